The predicted octanol–water partition coefficient (Wildman–Crippen LogP) is -0.310. The number of rotatable bonds is 1. The van der Waals surface area contributed by atoms with Gasteiger partial charge in [-0.05, 0) is 6.07 Å². The van der Waals surface area contributed by atoms with Crippen LogP contribution < -0.4 is 5.59 Å². The molecule has 0 aromatic carbocycles. The Kier molecular flexibility index (Phi) is 1.48. The lowest BCUT2D eigenvalue weighted by Crippen LogP contribution is -2.33. The number of aromatic nitrogens is 2. The van der Waals surface area contributed by atoms with Crippen LogP contribution >= 0.6 is 0 Å². The topological polar surface area (TPSA) is 44.2 Å². The van der Waals surface area contributed by atoms with E-state index in [1.165, 1.54) is 18.9 Å². The molecule has 1 aliphatic rings. The molecule has 0 radical (unpaired) electrons. The Morgan fingerprint density at radius 2 is 2.09 bits per heavy atom. The molecule has 4 nitrogen and oxygen atoms in total. The van der Waals surface area contributed by atoms with E-state index >= 15 is 0 Å². The van der Waals surface area contributed by atoms with Crippen molar-refractivity contribution in [3.8, 4) is 0 Å². The highest BCUT2D eigenvalue weighted by atomic mass is 16.6. The van der Waals surface area contributed by atoms with Gasteiger partial charge in [0, 0.05) is 6.20 Å². The molecule has 0 aliphatic carbocycles. The summed E-state index contributed by atoms with van der Waals surface area (Å²) in [5.41, 5.74) is 0.727. The molecule has 0 bridgehead atoms. The van der Waals surface area contributed by atoms with E-state index in [0.717, 1.165) is 5.59 Å². The van der Waals surface area contributed by atoms with Crippen LogP contribution in [-0.4, -0.2) is 17.1 Å². The van der Waals surface area contributed by atoms with E-state index in [1.807, 2.05) is 0 Å². The van der Waals surface area contributed by atoms with Crippen molar-refractivity contribution in [2.45, 2.75) is 0 Å². The first-order chi connectivity index (χ1) is 5.47. The maximum absolute atomic E-state index is 5.05. The van der Waals surface area contributed by atoms with Crippen molar-refractivity contribution in [3.05, 3.63) is 31.1 Å². The Bertz CT molecular complexity index is 257. The molecule has 0 fully saturated rings. The number of hydrogen-bond acceptors (Lipinski definition) is 4. The minimum atomic E-state index is -0.391. The summed E-state index contributed by atoms with van der Waals surface area (Å²) in [5, 5.41) is 0. The molecule has 1 aliphatic heterocycles. The standard InChI is InChI=1S/C6H5BN2O2/c1-2-8-5-9-6(1)7-10-3-4-11-7/h1-5H. The molecule has 0 unspecified atom stereocenters. The van der Waals surface area contributed by atoms with Gasteiger partial charge in [0.05, 0.1) is 12.5 Å². The van der Waals surface area contributed by atoms with Gasteiger partial charge in [0.1, 0.15) is 11.9 Å². The molecular formula is C6H5BN2O2. The second-order valence-corrected chi connectivity index (χ2v) is 2.01. The van der Waals surface area contributed by atoms with Gasteiger partial charge in [0.15, 0.2) is 0 Å². The molecule has 0 saturated heterocycles. The van der Waals surface area contributed by atoms with Crippen LogP contribution in [0.25, 0.3) is 0 Å². The summed E-state index contributed by atoms with van der Waals surface area (Å²) < 4.78 is 10.1. The average molecular weight is 148 g/mol. The zero-order chi connectivity index (χ0) is 7.52. The maximum Gasteiger partial charge on any atom is 0.651 e. The third kappa shape index (κ3) is 1.17. The molecule has 0 spiro atoms. The SMILES string of the molecule is C1=COB(c2ccncn2)O1. The highest BCUT2D eigenvalue weighted by molar-refractivity contribution is 6.61. The van der Waals surface area contributed by atoms with Gasteiger partial charge in [0.2, 0.25) is 0 Å². The van der Waals surface area contributed by atoms with E-state index in [1.54, 1.807) is 12.3 Å². The third-order valence-corrected chi connectivity index (χ3v) is 1.31. The molecule has 0 atom stereocenters. The van der Waals surface area contributed by atoms with Crippen LogP contribution in [0.4, 0.5) is 0 Å². The Balaban J connectivity index is 2.17. The molecule has 0 amide bonds. The number of hydrogen-bond donors (Lipinski definition) is 0. The Labute approximate surface area is 64.0 Å². The second-order valence-electron chi connectivity index (χ2n) is 2.01. The third-order valence-electron chi connectivity index (χ3n) is 1.31. The lowest BCUT2D eigenvalue weighted by Gasteiger charge is -2.01. The van der Waals surface area contributed by atoms with Crippen molar-refractivity contribution in [2.75, 3.05) is 0 Å². The minimum absolute atomic E-state index is 0.391. The summed E-state index contributed by atoms with van der Waals surface area (Å²) in [7, 11) is -0.391. The van der Waals surface area contributed by atoms with Crippen LogP contribution in [0.5, 0.6) is 0 Å². The molecule has 5 heteroatoms. The molecule has 2 heterocycles. The fraction of sp³-hybridized carbons (Fsp3) is 0. The normalized spacial score (nSPS) is 14.4. The Morgan fingerprint density at radius 3 is 2.73 bits per heavy atom. The largest absolute Gasteiger partial charge is 0.651 e. The van der Waals surface area contributed by atoms with Gasteiger partial charge in [-0.2, -0.15) is 0 Å². The highest BCUT2D eigenvalue weighted by Crippen LogP contribution is 1.98. The van der Waals surface area contributed by atoms with Crippen molar-refractivity contribution in [1.29, 1.82) is 0 Å². The van der Waals surface area contributed by atoms with E-state index in [0.29, 0.717) is 0 Å². The summed E-state index contributed by atoms with van der Waals surface area (Å²) in [6, 6.07) is 1.75. The predicted molar refractivity (Wildman–Crippen MR) is 38.7 cm³/mol. The van der Waals surface area contributed by atoms with Gasteiger partial charge in [-0.1, -0.05) is 0 Å². The summed E-state index contributed by atoms with van der Waals surface area (Å²) in [4.78, 5) is 7.73. The van der Waals surface area contributed by atoms with Gasteiger partial charge in [-0.25, -0.2) is 9.97 Å². The van der Waals surface area contributed by atoms with Crippen LogP contribution in [0.15, 0.2) is 31.1 Å². The molecule has 1 aromatic rings. The van der Waals surface area contributed by atoms with Crippen molar-refractivity contribution in [2.24, 2.45) is 0 Å². The second kappa shape index (κ2) is 2.61. The highest BCUT2D eigenvalue weighted by Gasteiger charge is 2.27. The minimum Gasteiger partial charge on any atom is -0.524 e. The van der Waals surface area contributed by atoms with Gasteiger partial charge in [-0.3, -0.25) is 0 Å². The zero-order valence-electron chi connectivity index (χ0n) is 5.68. The van der Waals surface area contributed by atoms with Crippen molar-refractivity contribution < 1.29 is 9.31 Å². The first-order valence-electron chi connectivity index (χ1n) is 3.19. The molecule has 54 valence electrons. The summed E-state index contributed by atoms with van der Waals surface area (Å²) in [6.45, 7) is 0. The van der Waals surface area contributed by atoms with Crippen molar-refractivity contribution in [1.82, 2.24) is 9.97 Å². The quantitative estimate of drug-likeness (QED) is 0.512. The van der Waals surface area contributed by atoms with Crippen molar-refractivity contribution >= 4 is 12.7 Å². The van der Waals surface area contributed by atoms with Crippen LogP contribution in [0.2, 0.25) is 0 Å². The van der Waals surface area contributed by atoms with E-state index in [9.17, 15) is 0 Å². The summed E-state index contributed by atoms with van der Waals surface area (Å²) in [6.07, 6.45) is 6.09. The van der Waals surface area contributed by atoms with E-state index in [-0.39, 0.29) is 0 Å². The van der Waals surface area contributed by atoms with Gasteiger partial charge < -0.3 is 9.31 Å². The first kappa shape index (κ1) is 6.21. The molecule has 0 N–H and O–H groups in total. The van der Waals surface area contributed by atoms with Crippen LogP contribution in [0.3, 0.4) is 0 Å². The monoisotopic (exact) mass is 148 g/mol. The Hall–Kier alpha value is -1.52. The average Bonchev–Trinajstić information content (AvgIpc) is 2.58. The smallest absolute Gasteiger partial charge is 0.524 e. The molecule has 2 rings (SSSR count). The molecular weight excluding hydrogens is 143 g/mol. The van der Waals surface area contributed by atoms with Crippen LogP contribution in [0, 0.1) is 0 Å². The molecule has 11 heavy (non-hydrogen) atoms. The van der Waals surface area contributed by atoms with Crippen molar-refractivity contribution in [3.63, 3.8) is 0 Å². The van der Waals surface area contributed by atoms with E-state index in [2.05, 4.69) is 9.97 Å². The van der Waals surface area contributed by atoms with Crippen LogP contribution in [0.1, 0.15) is 0 Å². The molecule has 1 aromatic heterocycles. The maximum atomic E-state index is 5.05. The van der Waals surface area contributed by atoms with Gasteiger partial charge >= 0.3 is 7.12 Å². The zero-order valence-corrected chi connectivity index (χ0v) is 5.68. The first-order valence-corrected chi connectivity index (χ1v) is 3.19. The molecule has 0 saturated carbocycles. The van der Waals surface area contributed by atoms with Gasteiger partial charge in [0.25, 0.3) is 0 Å². The number of nitrogens with zero attached hydrogens (tertiary/aromatic N) is 2. The fourth-order valence-electron chi connectivity index (χ4n) is 0.819. The lowest BCUT2D eigenvalue weighted by atomic mass is 9.85. The Morgan fingerprint density at radius 1 is 1.27 bits per heavy atom. The fourth-order valence-corrected chi connectivity index (χ4v) is 0.819. The van der Waals surface area contributed by atoms with Crippen LogP contribution in [-0.2, 0) is 9.31 Å². The summed E-state index contributed by atoms with van der Waals surface area (Å²) >= 11 is 0. The van der Waals surface area contributed by atoms with E-state index < -0.39 is 7.12 Å². The van der Waals surface area contributed by atoms with Gasteiger partial charge in [-0.15, -0.1) is 0 Å². The van der Waals surface area contributed by atoms with E-state index in [4.69, 9.17) is 9.31 Å². The summed E-state index contributed by atoms with van der Waals surface area (Å²) in [5.74, 6) is 0. The lowest BCUT2D eigenvalue weighted by molar-refractivity contribution is 0.422.